The van der Waals surface area contributed by atoms with E-state index in [2.05, 4.69) is 5.32 Å². The summed E-state index contributed by atoms with van der Waals surface area (Å²) in [6.45, 7) is 1.14. The summed E-state index contributed by atoms with van der Waals surface area (Å²) < 4.78 is 28.4. The largest absolute Gasteiger partial charge is 0.497 e. The zero-order chi connectivity index (χ0) is 20.7. The highest BCUT2D eigenvalue weighted by atomic mass is 32.2. The first-order valence-corrected chi connectivity index (χ1v) is 10.6. The van der Waals surface area contributed by atoms with E-state index >= 15 is 0 Å². The molecule has 28 heavy (non-hydrogen) atoms. The number of amides is 4. The Bertz CT molecular complexity index is 914. The molecule has 2 heterocycles. The number of carbonyl (C=O) groups excluding carboxylic acids is 3. The molecule has 2 aliphatic rings. The van der Waals surface area contributed by atoms with E-state index in [1.165, 1.54) is 19.1 Å². The van der Waals surface area contributed by atoms with Crippen molar-refractivity contribution in [3.05, 3.63) is 29.8 Å². The predicted octanol–water partition coefficient (Wildman–Crippen LogP) is 0.108. The van der Waals surface area contributed by atoms with Gasteiger partial charge in [0.15, 0.2) is 9.84 Å². The van der Waals surface area contributed by atoms with Crippen LogP contribution in [0.1, 0.15) is 18.9 Å². The van der Waals surface area contributed by atoms with Crippen LogP contribution in [0.5, 0.6) is 5.75 Å². The van der Waals surface area contributed by atoms with E-state index in [1.807, 2.05) is 0 Å². The second-order valence-electron chi connectivity index (χ2n) is 7.24. The molecule has 3 rings (SSSR count). The van der Waals surface area contributed by atoms with E-state index < -0.39 is 45.8 Å². The van der Waals surface area contributed by atoms with Gasteiger partial charge in [-0.2, -0.15) is 0 Å². The van der Waals surface area contributed by atoms with Crippen LogP contribution in [0.3, 0.4) is 0 Å². The van der Waals surface area contributed by atoms with Crippen molar-refractivity contribution in [1.82, 2.24) is 15.1 Å². The maximum atomic E-state index is 12.9. The normalized spacial score (nSPS) is 26.2. The quantitative estimate of drug-likeness (QED) is 0.691. The second-order valence-corrected chi connectivity index (χ2v) is 9.47. The van der Waals surface area contributed by atoms with Gasteiger partial charge < -0.3 is 15.0 Å². The minimum absolute atomic E-state index is 0.0357. The average molecular weight is 409 g/mol. The van der Waals surface area contributed by atoms with Gasteiger partial charge in [-0.05, 0) is 31.0 Å². The van der Waals surface area contributed by atoms with Gasteiger partial charge in [0.1, 0.15) is 17.8 Å². The maximum absolute atomic E-state index is 12.9. The number of imide groups is 1. The highest BCUT2D eigenvalue weighted by molar-refractivity contribution is 7.91. The van der Waals surface area contributed by atoms with E-state index in [-0.39, 0.29) is 11.5 Å². The van der Waals surface area contributed by atoms with Crippen molar-refractivity contribution >= 4 is 27.7 Å². The van der Waals surface area contributed by atoms with Crippen molar-refractivity contribution < 1.29 is 27.5 Å². The smallest absolute Gasteiger partial charge is 0.325 e. The highest BCUT2D eigenvalue weighted by Gasteiger charge is 2.50. The first-order valence-electron chi connectivity index (χ1n) is 8.82. The van der Waals surface area contributed by atoms with Crippen LogP contribution in [0.2, 0.25) is 0 Å². The predicted molar refractivity (Wildman–Crippen MR) is 100 cm³/mol. The lowest BCUT2D eigenvalue weighted by Crippen LogP contribution is -2.46. The van der Waals surface area contributed by atoms with Gasteiger partial charge in [-0.15, -0.1) is 0 Å². The van der Waals surface area contributed by atoms with Crippen LogP contribution in [0, 0.1) is 0 Å². The number of carbonyl (C=O) groups is 3. The molecule has 2 atom stereocenters. The Morgan fingerprint density at radius 1 is 1.32 bits per heavy atom. The molecule has 0 radical (unpaired) electrons. The van der Waals surface area contributed by atoms with Crippen LogP contribution in [-0.4, -0.2) is 74.3 Å². The van der Waals surface area contributed by atoms with Crippen molar-refractivity contribution in [3.8, 4) is 5.75 Å². The lowest BCUT2D eigenvalue weighted by Gasteiger charge is -2.26. The molecule has 1 aromatic carbocycles. The summed E-state index contributed by atoms with van der Waals surface area (Å²) in [5.41, 5.74) is -0.726. The van der Waals surface area contributed by atoms with Gasteiger partial charge in [-0.25, -0.2) is 13.2 Å². The zero-order valence-electron chi connectivity index (χ0n) is 16.0. The summed E-state index contributed by atoms with van der Waals surface area (Å²) in [6, 6.07) is 5.62. The fourth-order valence-corrected chi connectivity index (χ4v) is 5.27. The van der Waals surface area contributed by atoms with Gasteiger partial charge in [0.05, 0.1) is 18.6 Å². The van der Waals surface area contributed by atoms with Gasteiger partial charge in [-0.3, -0.25) is 14.5 Å². The monoisotopic (exact) mass is 409 g/mol. The number of hydrogen-bond acceptors (Lipinski definition) is 6. The molecule has 4 amide bonds. The average Bonchev–Trinajstić information content (AvgIpc) is 3.13. The number of rotatable bonds is 5. The zero-order valence-corrected chi connectivity index (χ0v) is 16.8. The van der Waals surface area contributed by atoms with Crippen LogP contribution in [-0.2, 0) is 25.0 Å². The number of nitrogens with one attached hydrogen (secondary N) is 1. The van der Waals surface area contributed by atoms with Crippen molar-refractivity contribution in [2.75, 3.05) is 32.2 Å². The number of benzene rings is 1. The summed E-state index contributed by atoms with van der Waals surface area (Å²) in [7, 11) is -0.126. The number of hydrogen-bond donors (Lipinski definition) is 1. The SMILES string of the molecule is COc1ccc([C@@]2(C)NC(=O)N(CC(=O)N(C)[C@H]3CCS(=O)(=O)C3)C2=O)cc1. The van der Waals surface area contributed by atoms with Crippen molar-refractivity contribution in [3.63, 3.8) is 0 Å². The van der Waals surface area contributed by atoms with Gasteiger partial charge in [0.25, 0.3) is 5.91 Å². The minimum Gasteiger partial charge on any atom is -0.497 e. The molecular formula is C18H23N3O6S. The number of ether oxygens (including phenoxy) is 1. The molecule has 2 saturated heterocycles. The van der Waals surface area contributed by atoms with E-state index in [0.717, 1.165) is 4.90 Å². The Morgan fingerprint density at radius 3 is 2.50 bits per heavy atom. The third-order valence-electron chi connectivity index (χ3n) is 5.39. The number of methoxy groups -OCH3 is 1. The summed E-state index contributed by atoms with van der Waals surface area (Å²) in [4.78, 5) is 40.0. The standard InChI is InChI=1S/C18H23N3O6S/c1-18(12-4-6-14(27-3)7-5-12)16(23)21(17(24)19-18)10-15(22)20(2)13-8-9-28(25,26)11-13/h4-7,13H,8-11H2,1-3H3,(H,19,24)/t13-,18+/m0/s1. The van der Waals surface area contributed by atoms with E-state index in [9.17, 15) is 22.8 Å². The molecule has 0 spiro atoms. The summed E-state index contributed by atoms with van der Waals surface area (Å²) >= 11 is 0. The van der Waals surface area contributed by atoms with E-state index in [4.69, 9.17) is 4.74 Å². The van der Waals surface area contributed by atoms with Gasteiger partial charge in [0, 0.05) is 13.1 Å². The lowest BCUT2D eigenvalue weighted by atomic mass is 9.92. The number of urea groups is 1. The van der Waals surface area contributed by atoms with Crippen molar-refractivity contribution in [2.45, 2.75) is 24.9 Å². The summed E-state index contributed by atoms with van der Waals surface area (Å²) in [5.74, 6) is -0.468. The van der Waals surface area contributed by atoms with E-state index in [1.54, 1.807) is 31.2 Å². The molecule has 9 nitrogen and oxygen atoms in total. The Morgan fingerprint density at radius 2 is 1.96 bits per heavy atom. The topological polar surface area (TPSA) is 113 Å². The molecule has 0 bridgehead atoms. The fraction of sp³-hybridized carbons (Fsp3) is 0.500. The van der Waals surface area contributed by atoms with Crippen LogP contribution in [0.15, 0.2) is 24.3 Å². The first-order chi connectivity index (χ1) is 13.1. The van der Waals surface area contributed by atoms with Crippen LogP contribution in [0.4, 0.5) is 4.79 Å². The van der Waals surface area contributed by atoms with Gasteiger partial charge in [0.2, 0.25) is 5.91 Å². The molecule has 1 aromatic rings. The number of sulfone groups is 1. The highest BCUT2D eigenvalue weighted by Crippen LogP contribution is 2.30. The molecule has 10 heteroatoms. The van der Waals surface area contributed by atoms with Crippen molar-refractivity contribution in [1.29, 1.82) is 0 Å². The summed E-state index contributed by atoms with van der Waals surface area (Å²) in [5, 5.41) is 2.64. The third-order valence-corrected chi connectivity index (χ3v) is 7.14. The fourth-order valence-electron chi connectivity index (χ4n) is 3.49. The van der Waals surface area contributed by atoms with E-state index in [0.29, 0.717) is 17.7 Å². The van der Waals surface area contributed by atoms with Gasteiger partial charge >= 0.3 is 6.03 Å². The maximum Gasteiger partial charge on any atom is 0.325 e. The summed E-state index contributed by atoms with van der Waals surface area (Å²) in [6.07, 6.45) is 0.355. The molecule has 0 unspecified atom stereocenters. The molecule has 0 aliphatic carbocycles. The molecule has 2 aliphatic heterocycles. The van der Waals surface area contributed by atoms with Crippen LogP contribution in [0.25, 0.3) is 0 Å². The molecule has 0 saturated carbocycles. The van der Waals surface area contributed by atoms with Crippen LogP contribution >= 0.6 is 0 Å². The van der Waals surface area contributed by atoms with Gasteiger partial charge in [-0.1, -0.05) is 12.1 Å². The Labute approximate surface area is 163 Å². The van der Waals surface area contributed by atoms with Crippen molar-refractivity contribution in [2.24, 2.45) is 0 Å². The minimum atomic E-state index is -3.15. The Balaban J connectivity index is 1.73. The molecular weight excluding hydrogens is 386 g/mol. The molecule has 2 fully saturated rings. The number of likely N-dealkylation sites (N-methyl/N-ethyl adjacent to an activating group) is 1. The Kier molecular flexibility index (Phi) is 5.09. The molecule has 0 aromatic heterocycles. The third kappa shape index (κ3) is 3.56. The lowest BCUT2D eigenvalue weighted by molar-refractivity contribution is -0.139. The number of nitrogens with zero attached hydrogens (tertiary/aromatic N) is 2. The Hall–Kier alpha value is -2.62. The second kappa shape index (κ2) is 7.08. The molecule has 1 N–H and O–H groups in total. The first kappa shape index (κ1) is 20.1. The van der Waals surface area contributed by atoms with Crippen LogP contribution < -0.4 is 10.1 Å². The molecule has 152 valence electrons.